The smallest absolute Gasteiger partial charge is 0.183 e. The van der Waals surface area contributed by atoms with Crippen LogP contribution in [-0.2, 0) is 0 Å². The molecule has 0 N–H and O–H groups in total. The molecule has 0 aromatic carbocycles. The van der Waals surface area contributed by atoms with Crippen molar-refractivity contribution in [2.75, 3.05) is 29.9 Å². The Kier molecular flexibility index (Phi) is 3.54. The van der Waals surface area contributed by atoms with E-state index < -0.39 is 0 Å². The molecule has 2 aromatic rings. The summed E-state index contributed by atoms with van der Waals surface area (Å²) >= 11 is 6.10. The molecule has 106 valence electrons. The Morgan fingerprint density at radius 2 is 2.10 bits per heavy atom. The summed E-state index contributed by atoms with van der Waals surface area (Å²) in [5, 5.41) is 9.58. The van der Waals surface area contributed by atoms with Crippen molar-refractivity contribution in [3.63, 3.8) is 0 Å². The van der Waals surface area contributed by atoms with Crippen molar-refractivity contribution in [2.45, 2.75) is 6.04 Å². The van der Waals surface area contributed by atoms with Crippen LogP contribution < -0.4 is 9.80 Å². The summed E-state index contributed by atoms with van der Waals surface area (Å²) in [4.78, 5) is 20.4. The van der Waals surface area contributed by atoms with E-state index in [-0.39, 0.29) is 6.04 Å². The van der Waals surface area contributed by atoms with Gasteiger partial charge in [0, 0.05) is 32.5 Å². The van der Waals surface area contributed by atoms with Crippen molar-refractivity contribution >= 4 is 23.2 Å². The molecule has 0 atom stereocenters. The molecule has 1 aliphatic rings. The molecule has 0 amide bonds. The molecule has 3 heterocycles. The van der Waals surface area contributed by atoms with Gasteiger partial charge in [0.25, 0.3) is 0 Å². The van der Waals surface area contributed by atoms with Crippen molar-refractivity contribution in [1.82, 2.24) is 19.9 Å². The number of hydrogen-bond donors (Lipinski definition) is 0. The second-order valence-electron chi connectivity index (χ2n) is 4.70. The number of anilines is 2. The van der Waals surface area contributed by atoms with Gasteiger partial charge in [-0.15, -0.1) is 0 Å². The topological polar surface area (TPSA) is 81.8 Å². The van der Waals surface area contributed by atoms with Gasteiger partial charge < -0.3 is 9.80 Å². The maximum absolute atomic E-state index is 9.05. The summed E-state index contributed by atoms with van der Waals surface area (Å²) in [5.74, 6) is 1.33. The molecule has 0 bridgehead atoms. The lowest BCUT2D eigenvalue weighted by Crippen LogP contribution is -2.59. The van der Waals surface area contributed by atoms with E-state index >= 15 is 0 Å². The fourth-order valence-electron chi connectivity index (χ4n) is 2.25. The number of aromatic nitrogens is 4. The first kappa shape index (κ1) is 13.5. The maximum Gasteiger partial charge on any atom is 0.183 e. The van der Waals surface area contributed by atoms with Gasteiger partial charge in [-0.3, -0.25) is 0 Å². The summed E-state index contributed by atoms with van der Waals surface area (Å²) in [5.41, 5.74) is 0.346. The average Bonchev–Trinajstić information content (AvgIpc) is 2.46. The van der Waals surface area contributed by atoms with E-state index in [4.69, 9.17) is 16.9 Å². The zero-order valence-electron chi connectivity index (χ0n) is 11.3. The summed E-state index contributed by atoms with van der Waals surface area (Å²) < 4.78 is 0. The maximum atomic E-state index is 9.05. The van der Waals surface area contributed by atoms with Crippen LogP contribution in [0.1, 0.15) is 5.69 Å². The van der Waals surface area contributed by atoms with E-state index in [1.54, 1.807) is 12.4 Å². The lowest BCUT2D eigenvalue weighted by molar-refractivity contribution is 0.488. The highest BCUT2D eigenvalue weighted by molar-refractivity contribution is 6.32. The van der Waals surface area contributed by atoms with Crippen molar-refractivity contribution in [2.24, 2.45) is 0 Å². The largest absolute Gasteiger partial charge is 0.352 e. The predicted octanol–water partition coefficient (Wildman–Crippen LogP) is 1.12. The van der Waals surface area contributed by atoms with Crippen LogP contribution in [0.3, 0.4) is 0 Å². The Morgan fingerprint density at radius 1 is 1.33 bits per heavy atom. The van der Waals surface area contributed by atoms with Crippen molar-refractivity contribution in [3.8, 4) is 6.07 Å². The molecular formula is C13H12ClN7. The summed E-state index contributed by atoms with van der Waals surface area (Å²) in [6.45, 7) is 1.48. The first-order valence-corrected chi connectivity index (χ1v) is 6.73. The predicted molar refractivity (Wildman–Crippen MR) is 78.2 cm³/mol. The van der Waals surface area contributed by atoms with Gasteiger partial charge >= 0.3 is 0 Å². The van der Waals surface area contributed by atoms with Gasteiger partial charge in [-0.05, 0) is 0 Å². The van der Waals surface area contributed by atoms with Crippen LogP contribution in [0.5, 0.6) is 0 Å². The molecule has 0 unspecified atom stereocenters. The van der Waals surface area contributed by atoms with Gasteiger partial charge in [0.2, 0.25) is 0 Å². The van der Waals surface area contributed by atoms with Crippen LogP contribution >= 0.6 is 11.6 Å². The number of nitrogens with zero attached hydrogens (tertiary/aromatic N) is 7. The van der Waals surface area contributed by atoms with Crippen LogP contribution in [0.4, 0.5) is 11.6 Å². The Bertz CT molecular complexity index is 693. The van der Waals surface area contributed by atoms with Crippen molar-refractivity contribution < 1.29 is 0 Å². The third kappa shape index (κ3) is 2.45. The van der Waals surface area contributed by atoms with E-state index in [2.05, 4.69) is 26.0 Å². The number of rotatable bonds is 3. The van der Waals surface area contributed by atoms with Gasteiger partial charge in [-0.2, -0.15) is 5.26 Å². The van der Waals surface area contributed by atoms with Crippen LogP contribution in [0.15, 0.2) is 24.9 Å². The van der Waals surface area contributed by atoms with Crippen molar-refractivity contribution in [1.29, 1.82) is 5.26 Å². The van der Waals surface area contributed by atoms with Crippen LogP contribution in [0.2, 0.25) is 5.02 Å². The van der Waals surface area contributed by atoms with Gasteiger partial charge in [0.15, 0.2) is 17.3 Å². The highest BCUT2D eigenvalue weighted by Gasteiger charge is 2.33. The highest BCUT2D eigenvalue weighted by atomic mass is 35.5. The zero-order chi connectivity index (χ0) is 14.8. The first-order valence-electron chi connectivity index (χ1n) is 6.35. The molecule has 1 aliphatic heterocycles. The summed E-state index contributed by atoms with van der Waals surface area (Å²) in [6.07, 6.45) is 6.17. The quantitative estimate of drug-likeness (QED) is 0.840. The molecule has 21 heavy (non-hydrogen) atoms. The number of hydrogen-bond acceptors (Lipinski definition) is 7. The number of likely N-dealkylation sites (N-methyl/N-ethyl adjacent to an activating group) is 1. The number of halogens is 1. The van der Waals surface area contributed by atoms with Gasteiger partial charge in [0.1, 0.15) is 17.4 Å². The van der Waals surface area contributed by atoms with E-state index in [9.17, 15) is 0 Å². The molecule has 2 aromatic heterocycles. The minimum absolute atomic E-state index is 0.256. The SMILES string of the molecule is CN(c1ncncc1Cl)C1CN(c2nccnc2C#N)C1. The monoisotopic (exact) mass is 301 g/mol. The van der Waals surface area contributed by atoms with Gasteiger partial charge in [-0.25, -0.2) is 19.9 Å². The molecule has 8 heteroatoms. The fraction of sp³-hybridized carbons (Fsp3) is 0.308. The molecule has 0 radical (unpaired) electrons. The molecule has 3 rings (SSSR count). The number of nitriles is 1. The molecule has 0 aliphatic carbocycles. The Labute approximate surface area is 126 Å². The molecule has 0 saturated carbocycles. The molecule has 0 spiro atoms. The Balaban J connectivity index is 1.71. The highest BCUT2D eigenvalue weighted by Crippen LogP contribution is 2.28. The van der Waals surface area contributed by atoms with E-state index in [0.717, 1.165) is 13.1 Å². The van der Waals surface area contributed by atoms with Crippen molar-refractivity contribution in [3.05, 3.63) is 35.6 Å². The third-order valence-corrected chi connectivity index (χ3v) is 3.74. The Hall–Kier alpha value is -2.46. The molecular weight excluding hydrogens is 290 g/mol. The second kappa shape index (κ2) is 5.50. The average molecular weight is 302 g/mol. The summed E-state index contributed by atoms with van der Waals surface area (Å²) in [7, 11) is 1.94. The lowest BCUT2D eigenvalue weighted by Gasteiger charge is -2.45. The summed E-state index contributed by atoms with van der Waals surface area (Å²) in [6, 6.07) is 2.31. The van der Waals surface area contributed by atoms with Crippen LogP contribution in [0.25, 0.3) is 0 Å². The fourth-order valence-corrected chi connectivity index (χ4v) is 2.49. The molecule has 7 nitrogen and oxygen atoms in total. The first-order chi connectivity index (χ1) is 10.2. The lowest BCUT2D eigenvalue weighted by atomic mass is 10.1. The van der Waals surface area contributed by atoms with E-state index in [1.807, 2.05) is 16.8 Å². The van der Waals surface area contributed by atoms with E-state index in [0.29, 0.717) is 22.4 Å². The van der Waals surface area contributed by atoms with Gasteiger partial charge in [0.05, 0.1) is 12.2 Å². The van der Waals surface area contributed by atoms with Crippen LogP contribution in [0, 0.1) is 11.3 Å². The zero-order valence-corrected chi connectivity index (χ0v) is 12.1. The molecule has 1 fully saturated rings. The minimum Gasteiger partial charge on any atom is -0.352 e. The second-order valence-corrected chi connectivity index (χ2v) is 5.11. The van der Waals surface area contributed by atoms with Crippen LogP contribution in [-0.4, -0.2) is 46.1 Å². The third-order valence-electron chi connectivity index (χ3n) is 3.48. The minimum atomic E-state index is 0.256. The van der Waals surface area contributed by atoms with E-state index in [1.165, 1.54) is 12.5 Å². The van der Waals surface area contributed by atoms with Gasteiger partial charge in [-0.1, -0.05) is 11.6 Å². The normalized spacial score (nSPS) is 14.4. The standard InChI is InChI=1S/C13H12ClN7/c1-20(12-10(14)5-16-8-19-12)9-6-21(7-9)13-11(4-15)17-2-3-18-13/h2-3,5,8-9H,6-7H2,1H3. The Morgan fingerprint density at radius 3 is 2.81 bits per heavy atom. The molecule has 1 saturated heterocycles.